The van der Waals surface area contributed by atoms with Crippen LogP contribution in [-0.4, -0.2) is 40.1 Å². The van der Waals surface area contributed by atoms with Crippen LogP contribution in [0.4, 0.5) is 5.69 Å². The van der Waals surface area contributed by atoms with E-state index < -0.39 is 0 Å². The van der Waals surface area contributed by atoms with Crippen LogP contribution < -0.4 is 24.3 Å². The van der Waals surface area contributed by atoms with Gasteiger partial charge in [-0.1, -0.05) is 35.5 Å². The van der Waals surface area contributed by atoms with E-state index in [0.29, 0.717) is 35.3 Å². The van der Waals surface area contributed by atoms with E-state index >= 15 is 0 Å². The van der Waals surface area contributed by atoms with Crippen molar-refractivity contribution in [2.24, 2.45) is 5.16 Å². The first-order valence-electron chi connectivity index (χ1n) is 10.1. The molecule has 0 fully saturated rings. The fourth-order valence-corrected chi connectivity index (χ4v) is 2.90. The Morgan fingerprint density at radius 3 is 2.39 bits per heavy atom. The fourth-order valence-electron chi connectivity index (χ4n) is 2.90. The molecule has 33 heavy (non-hydrogen) atoms. The van der Waals surface area contributed by atoms with Gasteiger partial charge in [-0.05, 0) is 35.9 Å². The van der Waals surface area contributed by atoms with Gasteiger partial charge in [-0.25, -0.2) is 0 Å². The summed E-state index contributed by atoms with van der Waals surface area (Å²) in [5, 5.41) is 6.57. The number of oxime groups is 1. The van der Waals surface area contributed by atoms with E-state index in [1.807, 2.05) is 36.4 Å². The molecule has 8 heteroatoms. The molecule has 1 amide bonds. The van der Waals surface area contributed by atoms with Crippen molar-refractivity contribution in [3.05, 3.63) is 77.9 Å². The molecule has 0 bridgehead atoms. The first-order chi connectivity index (χ1) is 16.1. The molecule has 0 saturated carbocycles. The maximum atomic E-state index is 12.1. The van der Waals surface area contributed by atoms with Crippen LogP contribution in [0.25, 0.3) is 0 Å². The first-order valence-corrected chi connectivity index (χ1v) is 10.1. The van der Waals surface area contributed by atoms with Gasteiger partial charge in [0.05, 0.1) is 33.2 Å². The highest BCUT2D eigenvalue weighted by Crippen LogP contribution is 2.29. The van der Waals surface area contributed by atoms with Crippen LogP contribution in [0.15, 0.2) is 71.9 Å². The van der Waals surface area contributed by atoms with E-state index in [0.717, 1.165) is 11.1 Å². The van der Waals surface area contributed by atoms with Crippen molar-refractivity contribution < 1.29 is 28.6 Å². The summed E-state index contributed by atoms with van der Waals surface area (Å²) in [6, 6.07) is 20.3. The molecule has 3 aromatic rings. The number of hydrogen-bond donors (Lipinski definition) is 1. The minimum Gasteiger partial charge on any atom is -0.497 e. The number of amides is 1. The maximum absolute atomic E-state index is 12.1. The summed E-state index contributed by atoms with van der Waals surface area (Å²) in [7, 11) is 4.64. The van der Waals surface area contributed by atoms with Gasteiger partial charge in [0.25, 0.3) is 5.91 Å². The summed E-state index contributed by atoms with van der Waals surface area (Å²) >= 11 is 0. The number of carbonyl (C=O) groups excluding carboxylic acids is 1. The Morgan fingerprint density at radius 2 is 1.67 bits per heavy atom. The van der Waals surface area contributed by atoms with E-state index in [2.05, 4.69) is 10.5 Å². The van der Waals surface area contributed by atoms with Crippen molar-refractivity contribution in [2.75, 3.05) is 33.3 Å². The van der Waals surface area contributed by atoms with Crippen molar-refractivity contribution in [1.82, 2.24) is 0 Å². The lowest BCUT2D eigenvalue weighted by Crippen LogP contribution is -2.17. The van der Waals surface area contributed by atoms with Crippen LogP contribution in [0.3, 0.4) is 0 Å². The van der Waals surface area contributed by atoms with Gasteiger partial charge in [0.15, 0.2) is 18.1 Å². The third-order valence-corrected chi connectivity index (χ3v) is 4.58. The molecule has 0 aliphatic carbocycles. The van der Waals surface area contributed by atoms with Gasteiger partial charge in [-0.3, -0.25) is 4.79 Å². The molecular weight excluding hydrogens is 424 g/mol. The summed E-state index contributed by atoms with van der Waals surface area (Å²) in [4.78, 5) is 17.3. The van der Waals surface area contributed by atoms with E-state index in [1.165, 1.54) is 13.3 Å². The van der Waals surface area contributed by atoms with Crippen LogP contribution in [0.5, 0.6) is 23.0 Å². The van der Waals surface area contributed by atoms with Gasteiger partial charge in [0.1, 0.15) is 18.1 Å². The van der Waals surface area contributed by atoms with Gasteiger partial charge in [-0.15, -0.1) is 0 Å². The van der Waals surface area contributed by atoms with Crippen LogP contribution in [0.2, 0.25) is 0 Å². The number of rotatable bonds is 11. The number of nitrogens with one attached hydrogen (secondary N) is 1. The number of ether oxygens (including phenoxy) is 4. The van der Waals surface area contributed by atoms with E-state index in [9.17, 15) is 4.79 Å². The second kappa shape index (κ2) is 12.0. The highest BCUT2D eigenvalue weighted by molar-refractivity contribution is 5.93. The molecule has 0 atom stereocenters. The topological polar surface area (TPSA) is 87.6 Å². The van der Waals surface area contributed by atoms with Crippen molar-refractivity contribution in [1.29, 1.82) is 0 Å². The number of carbonyl (C=O) groups is 1. The zero-order valence-corrected chi connectivity index (χ0v) is 18.7. The fraction of sp³-hybridized carbons (Fsp3) is 0.200. The minimum absolute atomic E-state index is 0.263. The lowest BCUT2D eigenvalue weighted by atomic mass is 10.2. The number of anilines is 1. The molecule has 0 spiro atoms. The largest absolute Gasteiger partial charge is 0.497 e. The van der Waals surface area contributed by atoms with Crippen molar-refractivity contribution >= 4 is 17.8 Å². The van der Waals surface area contributed by atoms with Crippen LogP contribution in [-0.2, 0) is 16.2 Å². The van der Waals surface area contributed by atoms with Crippen molar-refractivity contribution in [2.45, 2.75) is 6.61 Å². The highest BCUT2D eigenvalue weighted by Gasteiger charge is 2.10. The molecule has 0 unspecified atom stereocenters. The average Bonchev–Trinajstić information content (AvgIpc) is 2.86. The molecule has 0 heterocycles. The quantitative estimate of drug-likeness (QED) is 0.347. The Hall–Kier alpha value is -4.20. The number of nitrogens with zero attached hydrogens (tertiary/aromatic N) is 1. The highest BCUT2D eigenvalue weighted by atomic mass is 16.6. The van der Waals surface area contributed by atoms with Crippen LogP contribution in [0.1, 0.15) is 11.1 Å². The zero-order chi connectivity index (χ0) is 23.5. The van der Waals surface area contributed by atoms with Gasteiger partial charge in [-0.2, -0.15) is 0 Å². The average molecular weight is 450 g/mol. The normalized spacial score (nSPS) is 10.5. The molecule has 0 saturated heterocycles. The standard InChI is InChI=1S/C25H26N2O6/c1-29-20-10-11-21(23(14-20)30-2)27-25(28)17-33-26-15-19-9-12-22(24(13-19)31-3)32-16-18-7-5-4-6-8-18/h4-15H,16-17H2,1-3H3,(H,27,28)/b26-15+. The zero-order valence-electron chi connectivity index (χ0n) is 18.7. The minimum atomic E-state index is -0.377. The third-order valence-electron chi connectivity index (χ3n) is 4.58. The van der Waals surface area contributed by atoms with Crippen LogP contribution >= 0.6 is 0 Å². The Balaban J connectivity index is 1.52. The first kappa shape index (κ1) is 23.5. The van der Waals surface area contributed by atoms with Crippen molar-refractivity contribution in [3.8, 4) is 23.0 Å². The molecule has 0 aliphatic heterocycles. The summed E-state index contributed by atoms with van der Waals surface area (Å²) in [6.45, 7) is 0.170. The van der Waals surface area contributed by atoms with Gasteiger partial charge in [0.2, 0.25) is 0 Å². The van der Waals surface area contributed by atoms with Crippen LogP contribution in [0, 0.1) is 0 Å². The maximum Gasteiger partial charge on any atom is 0.265 e. The Kier molecular flexibility index (Phi) is 8.53. The Labute approximate surface area is 192 Å². The smallest absolute Gasteiger partial charge is 0.265 e. The molecule has 3 aromatic carbocycles. The van der Waals surface area contributed by atoms with E-state index in [-0.39, 0.29) is 12.5 Å². The number of methoxy groups -OCH3 is 3. The molecule has 172 valence electrons. The lowest BCUT2D eigenvalue weighted by Gasteiger charge is -2.11. The predicted octanol–water partition coefficient (Wildman–Crippen LogP) is 4.28. The summed E-state index contributed by atoms with van der Waals surface area (Å²) in [5.41, 5.74) is 2.30. The molecule has 0 aliphatic rings. The second-order valence-corrected chi connectivity index (χ2v) is 6.81. The number of hydrogen-bond acceptors (Lipinski definition) is 7. The lowest BCUT2D eigenvalue weighted by molar-refractivity contribution is -0.120. The molecule has 0 aromatic heterocycles. The summed E-state index contributed by atoms with van der Waals surface area (Å²) in [5.74, 6) is 1.91. The number of benzene rings is 3. The Bertz CT molecular complexity index is 1090. The molecular formula is C25H26N2O6. The monoisotopic (exact) mass is 450 g/mol. The van der Waals surface area contributed by atoms with E-state index in [1.54, 1.807) is 44.6 Å². The molecule has 0 radical (unpaired) electrons. The molecule has 8 nitrogen and oxygen atoms in total. The summed E-state index contributed by atoms with van der Waals surface area (Å²) < 4.78 is 21.7. The van der Waals surface area contributed by atoms with Gasteiger partial charge in [0, 0.05) is 11.6 Å². The Morgan fingerprint density at radius 1 is 0.879 bits per heavy atom. The second-order valence-electron chi connectivity index (χ2n) is 6.81. The molecule has 3 rings (SSSR count). The van der Waals surface area contributed by atoms with Crippen molar-refractivity contribution in [3.63, 3.8) is 0 Å². The van der Waals surface area contributed by atoms with E-state index in [4.69, 9.17) is 23.8 Å². The SMILES string of the molecule is COc1ccc(NC(=O)CO/N=C/c2ccc(OCc3ccccc3)c(OC)c2)c(OC)c1. The van der Waals surface area contributed by atoms with Gasteiger partial charge >= 0.3 is 0 Å². The molecule has 1 N–H and O–H groups in total. The summed E-state index contributed by atoms with van der Waals surface area (Å²) in [6.07, 6.45) is 1.49. The van der Waals surface area contributed by atoms with Gasteiger partial charge < -0.3 is 29.1 Å². The predicted molar refractivity (Wildman–Crippen MR) is 125 cm³/mol. The third kappa shape index (κ3) is 6.90.